The van der Waals surface area contributed by atoms with E-state index in [0.29, 0.717) is 0 Å². The number of rotatable bonds is 9. The smallest absolute Gasteiger partial charge is 0.326 e. The molecule has 0 aliphatic heterocycles. The summed E-state index contributed by atoms with van der Waals surface area (Å²) in [6.45, 7) is -0.109. The maximum absolute atomic E-state index is 14.8. The highest BCUT2D eigenvalue weighted by atomic mass is 19.1. The molecule has 0 aliphatic rings. The summed E-state index contributed by atoms with van der Waals surface area (Å²) in [5.74, 6) is -6.12. The normalized spacial score (nSPS) is 11.7. The zero-order valence-electron chi connectivity index (χ0n) is 18.2. The summed E-state index contributed by atoms with van der Waals surface area (Å²) in [6.07, 6.45) is 0.398. The largest absolute Gasteiger partial charge is 0.481 e. The molecule has 0 radical (unpaired) electrons. The van der Waals surface area contributed by atoms with Crippen LogP contribution in [0, 0.1) is 11.6 Å². The van der Waals surface area contributed by atoms with Gasteiger partial charge in [0.2, 0.25) is 5.95 Å². The molecule has 0 bridgehead atoms. The number of carbonyl (C=O) groups excluding carboxylic acids is 1. The van der Waals surface area contributed by atoms with Crippen molar-refractivity contribution in [1.29, 1.82) is 0 Å². The molecule has 184 valence electrons. The van der Waals surface area contributed by atoms with Gasteiger partial charge in [0.05, 0.1) is 18.4 Å². The van der Waals surface area contributed by atoms with Crippen molar-refractivity contribution in [1.82, 2.24) is 25.3 Å². The molecule has 0 aliphatic carbocycles. The molecule has 0 fully saturated rings. The zero-order chi connectivity index (χ0) is 25.9. The second kappa shape index (κ2) is 10.1. The number of anilines is 3. The van der Waals surface area contributed by atoms with Crippen LogP contribution in [0.5, 0.6) is 0 Å². The maximum atomic E-state index is 14.8. The number of nitrogens with one attached hydrogen (secondary N) is 1. The van der Waals surface area contributed by atoms with Crippen molar-refractivity contribution in [2.45, 2.75) is 25.4 Å². The van der Waals surface area contributed by atoms with E-state index < -0.39 is 59.6 Å². The third kappa shape index (κ3) is 5.82. The second-order valence-electron chi connectivity index (χ2n) is 7.44. The first-order valence-corrected chi connectivity index (χ1v) is 9.96. The third-order valence-corrected chi connectivity index (χ3v) is 4.81. The number of benzene rings is 1. The van der Waals surface area contributed by atoms with E-state index in [1.807, 2.05) is 0 Å². The lowest BCUT2D eigenvalue weighted by Gasteiger charge is -2.21. The standard InChI is InChI=1S/C20H20F2N8O5/c1-30(7-9-6-25-17-14(26-9)16(23)28-20(24)29-17)15-10(21)4-8(5-11(15)22)18(33)27-12(19(34)35)2-3-13(31)32/h4-6,12H,2-3,7H2,1H3,(H,27,33)(H,31,32)(H,34,35)(H4,23,24,25,28,29)/t12-/m0/s1. The van der Waals surface area contributed by atoms with E-state index in [4.69, 9.17) is 21.7 Å². The number of carboxylic acids is 2. The molecule has 7 N–H and O–H groups in total. The molecule has 0 saturated carbocycles. The molecule has 0 spiro atoms. The number of amides is 1. The van der Waals surface area contributed by atoms with Crippen LogP contribution in [0.15, 0.2) is 18.3 Å². The Morgan fingerprint density at radius 3 is 2.37 bits per heavy atom. The number of hydrogen-bond donors (Lipinski definition) is 5. The van der Waals surface area contributed by atoms with Crippen molar-refractivity contribution >= 4 is 46.5 Å². The van der Waals surface area contributed by atoms with Crippen LogP contribution in [0.25, 0.3) is 11.2 Å². The Kier molecular flexibility index (Phi) is 7.17. The highest BCUT2D eigenvalue weighted by Gasteiger charge is 2.24. The number of nitrogens with two attached hydrogens (primary N) is 2. The number of aromatic nitrogens is 4. The maximum Gasteiger partial charge on any atom is 0.326 e. The summed E-state index contributed by atoms with van der Waals surface area (Å²) >= 11 is 0. The second-order valence-corrected chi connectivity index (χ2v) is 7.44. The zero-order valence-corrected chi connectivity index (χ0v) is 18.2. The summed E-state index contributed by atoms with van der Waals surface area (Å²) in [7, 11) is 1.38. The lowest BCUT2D eigenvalue weighted by Crippen LogP contribution is -2.41. The van der Waals surface area contributed by atoms with Gasteiger partial charge in [-0.05, 0) is 18.6 Å². The summed E-state index contributed by atoms with van der Waals surface area (Å²) in [4.78, 5) is 51.5. The quantitative estimate of drug-likeness (QED) is 0.278. The Bertz CT molecular complexity index is 1300. The minimum absolute atomic E-state index is 0.0137. The molecule has 2 heterocycles. The van der Waals surface area contributed by atoms with Crippen LogP contribution >= 0.6 is 0 Å². The Morgan fingerprint density at radius 2 is 1.77 bits per heavy atom. The molecule has 3 rings (SSSR count). The molecule has 1 aromatic carbocycles. The molecule has 1 amide bonds. The van der Waals surface area contributed by atoms with Gasteiger partial charge in [-0.1, -0.05) is 0 Å². The van der Waals surface area contributed by atoms with Gasteiger partial charge in [-0.2, -0.15) is 9.97 Å². The SMILES string of the molecule is CN(Cc1cnc2nc(N)nc(N)c2n1)c1c(F)cc(C(=O)N[C@@H](CCC(=O)O)C(=O)O)cc1F. The summed E-state index contributed by atoms with van der Waals surface area (Å²) in [6, 6.07) is -0.0764. The van der Waals surface area contributed by atoms with Gasteiger partial charge in [-0.3, -0.25) is 9.59 Å². The van der Waals surface area contributed by atoms with Crippen LogP contribution < -0.4 is 21.7 Å². The molecule has 0 unspecified atom stereocenters. The van der Waals surface area contributed by atoms with Crippen LogP contribution in [-0.4, -0.2) is 61.1 Å². The van der Waals surface area contributed by atoms with Gasteiger partial charge in [-0.15, -0.1) is 0 Å². The highest BCUT2D eigenvalue weighted by Crippen LogP contribution is 2.26. The van der Waals surface area contributed by atoms with Crippen LogP contribution in [-0.2, 0) is 16.1 Å². The lowest BCUT2D eigenvalue weighted by molar-refractivity contribution is -0.140. The van der Waals surface area contributed by atoms with Gasteiger partial charge in [0.1, 0.15) is 23.4 Å². The van der Waals surface area contributed by atoms with E-state index in [-0.39, 0.29) is 35.2 Å². The minimum Gasteiger partial charge on any atom is -0.481 e. The van der Waals surface area contributed by atoms with Gasteiger partial charge >= 0.3 is 11.9 Å². The van der Waals surface area contributed by atoms with Crippen LogP contribution in [0.3, 0.4) is 0 Å². The van der Waals surface area contributed by atoms with Crippen molar-refractivity contribution in [3.05, 3.63) is 41.2 Å². The average Bonchev–Trinajstić information content (AvgIpc) is 2.75. The van der Waals surface area contributed by atoms with Crippen molar-refractivity contribution in [3.63, 3.8) is 0 Å². The van der Waals surface area contributed by atoms with Gasteiger partial charge in [-0.25, -0.2) is 23.5 Å². The van der Waals surface area contributed by atoms with Crippen molar-refractivity contribution < 1.29 is 33.4 Å². The van der Waals surface area contributed by atoms with E-state index in [1.54, 1.807) is 0 Å². The van der Waals surface area contributed by atoms with Crippen molar-refractivity contribution in [2.24, 2.45) is 0 Å². The number of hydrogen-bond acceptors (Lipinski definition) is 10. The fraction of sp³-hybridized carbons (Fsp3) is 0.250. The number of nitrogen functional groups attached to an aromatic ring is 2. The molecule has 13 nitrogen and oxygen atoms in total. The van der Waals surface area contributed by atoms with E-state index in [9.17, 15) is 23.2 Å². The predicted molar refractivity (Wildman–Crippen MR) is 118 cm³/mol. The molecule has 3 aromatic rings. The highest BCUT2D eigenvalue weighted by molar-refractivity contribution is 5.97. The summed E-state index contributed by atoms with van der Waals surface area (Å²) in [5.41, 5.74) is 10.9. The van der Waals surface area contributed by atoms with E-state index in [1.165, 1.54) is 18.1 Å². The van der Waals surface area contributed by atoms with Crippen LogP contribution in [0.4, 0.5) is 26.2 Å². The van der Waals surface area contributed by atoms with Gasteiger partial charge in [0.15, 0.2) is 17.0 Å². The number of fused-ring (bicyclic) bond motifs is 1. The van der Waals surface area contributed by atoms with Crippen molar-refractivity contribution in [3.8, 4) is 0 Å². The Balaban J connectivity index is 1.80. The average molecular weight is 490 g/mol. The van der Waals surface area contributed by atoms with Crippen LogP contribution in [0.2, 0.25) is 0 Å². The van der Waals surface area contributed by atoms with Gasteiger partial charge in [0, 0.05) is 19.0 Å². The van der Waals surface area contributed by atoms with Crippen molar-refractivity contribution in [2.75, 3.05) is 23.4 Å². The Morgan fingerprint density at radius 1 is 1.11 bits per heavy atom. The fourth-order valence-corrected chi connectivity index (χ4v) is 3.21. The van der Waals surface area contributed by atoms with Gasteiger partial charge in [0.25, 0.3) is 5.91 Å². The summed E-state index contributed by atoms with van der Waals surface area (Å²) in [5, 5.41) is 19.9. The molecule has 15 heteroatoms. The molecular formula is C20H20F2N8O5. The molecule has 35 heavy (non-hydrogen) atoms. The van der Waals surface area contributed by atoms with E-state index in [0.717, 1.165) is 12.1 Å². The number of carbonyl (C=O) groups is 3. The Labute approximate surface area is 195 Å². The third-order valence-electron chi connectivity index (χ3n) is 4.81. The van der Waals surface area contributed by atoms with E-state index >= 15 is 0 Å². The number of carboxylic acid groups (broad SMARTS) is 2. The summed E-state index contributed by atoms with van der Waals surface area (Å²) < 4.78 is 29.6. The predicted octanol–water partition coefficient (Wildman–Crippen LogP) is 0.547. The molecule has 1 atom stereocenters. The first-order valence-electron chi connectivity index (χ1n) is 9.96. The monoisotopic (exact) mass is 490 g/mol. The number of aliphatic carboxylic acids is 2. The number of nitrogens with zero attached hydrogens (tertiary/aromatic N) is 5. The molecule has 0 saturated heterocycles. The Hall–Kier alpha value is -4.69. The van der Waals surface area contributed by atoms with E-state index in [2.05, 4.69) is 25.3 Å². The molecular weight excluding hydrogens is 470 g/mol. The minimum atomic E-state index is -1.55. The molecule has 2 aromatic heterocycles. The first-order chi connectivity index (χ1) is 16.5. The topological polar surface area (TPSA) is 211 Å². The fourth-order valence-electron chi connectivity index (χ4n) is 3.21. The lowest BCUT2D eigenvalue weighted by atomic mass is 10.1. The van der Waals surface area contributed by atoms with Crippen LogP contribution in [0.1, 0.15) is 28.9 Å². The first kappa shape index (κ1) is 24.9. The number of halogens is 2. The van der Waals surface area contributed by atoms with Gasteiger partial charge < -0.3 is 31.9 Å².